The maximum Gasteiger partial charge on any atom is 0.212 e. The van der Waals surface area contributed by atoms with Gasteiger partial charge in [0.1, 0.15) is 0 Å². The predicted octanol–water partition coefficient (Wildman–Crippen LogP) is 0.970. The summed E-state index contributed by atoms with van der Waals surface area (Å²) in [6.45, 7) is 1.98. The van der Waals surface area contributed by atoms with Crippen molar-refractivity contribution in [2.24, 2.45) is 0 Å². The molecule has 2 nitrogen and oxygen atoms in total. The fourth-order valence-corrected chi connectivity index (χ4v) is 2.41. The zero-order valence-electron chi connectivity index (χ0n) is 6.00. The first-order valence-electron chi connectivity index (χ1n) is 3.48. The molecule has 1 saturated heterocycles. The molecule has 11 heavy (non-hydrogen) atoms. The smallest absolute Gasteiger partial charge is 0.212 e. The first kappa shape index (κ1) is 9.10. The maximum absolute atomic E-state index is 10.9. The minimum Gasteiger partial charge on any atom is -0.313 e. The van der Waals surface area contributed by atoms with E-state index in [9.17, 15) is 4.79 Å². The first-order chi connectivity index (χ1) is 4.86. The molecule has 2 aliphatic heterocycles. The van der Waals surface area contributed by atoms with Crippen LogP contribution in [-0.4, -0.2) is 23.5 Å². The van der Waals surface area contributed by atoms with E-state index in [1.54, 1.807) is 6.08 Å². The summed E-state index contributed by atoms with van der Waals surface area (Å²) in [6, 6.07) is 0. The van der Waals surface area contributed by atoms with E-state index in [0.717, 1.165) is 19.5 Å². The Hall–Kier alpha value is 0.01000. The van der Waals surface area contributed by atoms with Crippen LogP contribution in [0.1, 0.15) is 6.42 Å². The minimum atomic E-state index is 0. The zero-order valence-corrected chi connectivity index (χ0v) is 7.63. The van der Waals surface area contributed by atoms with Crippen molar-refractivity contribution in [3.63, 3.8) is 0 Å². The van der Waals surface area contributed by atoms with E-state index >= 15 is 0 Å². The highest BCUT2D eigenvalue weighted by atomic mass is 35.5. The summed E-state index contributed by atoms with van der Waals surface area (Å²) in [6.07, 6.45) is 2.89. The Balaban J connectivity index is 0.000000605. The lowest BCUT2D eigenvalue weighted by Crippen LogP contribution is -2.30. The number of carbonyl (C=O) groups is 1. The van der Waals surface area contributed by atoms with Crippen molar-refractivity contribution in [1.82, 2.24) is 5.32 Å². The van der Waals surface area contributed by atoms with Crippen LogP contribution < -0.4 is 5.32 Å². The molecule has 1 unspecified atom stereocenters. The number of fused-ring (bicyclic) bond motifs is 1. The molecule has 0 aromatic carbocycles. The Labute approximate surface area is 76.2 Å². The largest absolute Gasteiger partial charge is 0.313 e. The highest BCUT2D eigenvalue weighted by molar-refractivity contribution is 8.15. The van der Waals surface area contributed by atoms with Crippen molar-refractivity contribution in [3.05, 3.63) is 11.6 Å². The van der Waals surface area contributed by atoms with Crippen molar-refractivity contribution >= 4 is 29.3 Å². The van der Waals surface area contributed by atoms with Gasteiger partial charge < -0.3 is 5.32 Å². The second kappa shape index (κ2) is 3.61. The summed E-state index contributed by atoms with van der Waals surface area (Å²) >= 11 is 1.48. The number of thioether (sulfide) groups is 1. The molecule has 2 heterocycles. The van der Waals surface area contributed by atoms with Crippen LogP contribution in [-0.2, 0) is 4.79 Å². The van der Waals surface area contributed by atoms with Gasteiger partial charge in [0.2, 0.25) is 5.12 Å². The van der Waals surface area contributed by atoms with Crippen LogP contribution >= 0.6 is 24.2 Å². The summed E-state index contributed by atoms with van der Waals surface area (Å²) in [5.41, 5.74) is 1.29. The van der Waals surface area contributed by atoms with Crippen molar-refractivity contribution in [1.29, 1.82) is 0 Å². The minimum absolute atomic E-state index is 0. The topological polar surface area (TPSA) is 29.1 Å². The summed E-state index contributed by atoms with van der Waals surface area (Å²) in [5, 5.41) is 3.99. The Morgan fingerprint density at radius 2 is 2.45 bits per heavy atom. The van der Waals surface area contributed by atoms with E-state index in [1.807, 2.05) is 0 Å². The molecule has 0 aliphatic carbocycles. The van der Waals surface area contributed by atoms with E-state index in [-0.39, 0.29) is 17.5 Å². The zero-order chi connectivity index (χ0) is 6.97. The van der Waals surface area contributed by atoms with Gasteiger partial charge in [0.15, 0.2) is 0 Å². The van der Waals surface area contributed by atoms with Gasteiger partial charge in [-0.2, -0.15) is 0 Å². The highest BCUT2D eigenvalue weighted by Gasteiger charge is 2.27. The van der Waals surface area contributed by atoms with Gasteiger partial charge in [-0.15, -0.1) is 12.4 Å². The SMILES string of the molecule is Cl.O=C1C=C2CNCCC2S1. The van der Waals surface area contributed by atoms with Crippen LogP contribution in [0.3, 0.4) is 0 Å². The fourth-order valence-electron chi connectivity index (χ4n) is 1.37. The Morgan fingerprint density at radius 3 is 3.18 bits per heavy atom. The quantitative estimate of drug-likeness (QED) is 0.619. The molecule has 1 atom stereocenters. The molecule has 0 aromatic heterocycles. The van der Waals surface area contributed by atoms with Crippen molar-refractivity contribution in [2.75, 3.05) is 13.1 Å². The number of piperidine rings is 1. The summed E-state index contributed by atoms with van der Waals surface area (Å²) in [4.78, 5) is 10.9. The molecular weight excluding hydrogens is 182 g/mol. The molecule has 0 bridgehead atoms. The van der Waals surface area contributed by atoms with Crippen molar-refractivity contribution < 1.29 is 4.79 Å². The third kappa shape index (κ3) is 1.78. The molecule has 2 aliphatic rings. The molecular formula is C7H10ClNOS. The predicted molar refractivity (Wildman–Crippen MR) is 49.2 cm³/mol. The fraction of sp³-hybridized carbons (Fsp3) is 0.571. The number of hydrogen-bond donors (Lipinski definition) is 1. The van der Waals surface area contributed by atoms with Gasteiger partial charge in [-0.3, -0.25) is 4.79 Å². The molecule has 1 fully saturated rings. The monoisotopic (exact) mass is 191 g/mol. The van der Waals surface area contributed by atoms with Gasteiger partial charge in [0.05, 0.1) is 0 Å². The van der Waals surface area contributed by atoms with Crippen LogP contribution in [0.2, 0.25) is 0 Å². The number of hydrogen-bond acceptors (Lipinski definition) is 3. The lowest BCUT2D eigenvalue weighted by atomic mass is 10.1. The van der Waals surface area contributed by atoms with E-state index in [2.05, 4.69) is 5.32 Å². The molecule has 4 heteroatoms. The molecule has 0 amide bonds. The molecule has 0 spiro atoms. The molecule has 1 N–H and O–H groups in total. The number of halogens is 1. The Kier molecular flexibility index (Phi) is 2.98. The van der Waals surface area contributed by atoms with Gasteiger partial charge in [-0.25, -0.2) is 0 Å². The van der Waals surface area contributed by atoms with Gasteiger partial charge in [-0.05, 0) is 24.6 Å². The highest BCUT2D eigenvalue weighted by Crippen LogP contribution is 2.31. The average molecular weight is 192 g/mol. The Bertz CT molecular complexity index is 205. The van der Waals surface area contributed by atoms with E-state index in [0.29, 0.717) is 5.25 Å². The van der Waals surface area contributed by atoms with Gasteiger partial charge >= 0.3 is 0 Å². The molecule has 0 aromatic rings. The van der Waals surface area contributed by atoms with Crippen LogP contribution in [0.15, 0.2) is 11.6 Å². The lowest BCUT2D eigenvalue weighted by molar-refractivity contribution is -0.106. The average Bonchev–Trinajstić information content (AvgIpc) is 2.27. The summed E-state index contributed by atoms with van der Waals surface area (Å²) in [7, 11) is 0. The van der Waals surface area contributed by atoms with Crippen LogP contribution in [0, 0.1) is 0 Å². The van der Waals surface area contributed by atoms with Crippen LogP contribution in [0.25, 0.3) is 0 Å². The third-order valence-electron chi connectivity index (χ3n) is 1.89. The summed E-state index contributed by atoms with van der Waals surface area (Å²) < 4.78 is 0. The van der Waals surface area contributed by atoms with E-state index in [4.69, 9.17) is 0 Å². The van der Waals surface area contributed by atoms with E-state index < -0.39 is 0 Å². The first-order valence-corrected chi connectivity index (χ1v) is 4.36. The van der Waals surface area contributed by atoms with Crippen LogP contribution in [0.4, 0.5) is 0 Å². The molecule has 0 saturated carbocycles. The number of rotatable bonds is 0. The maximum atomic E-state index is 10.9. The number of carbonyl (C=O) groups excluding carboxylic acids is 1. The third-order valence-corrected chi connectivity index (χ3v) is 3.06. The van der Waals surface area contributed by atoms with Crippen LogP contribution in [0.5, 0.6) is 0 Å². The van der Waals surface area contributed by atoms with Gasteiger partial charge in [0.25, 0.3) is 0 Å². The van der Waals surface area contributed by atoms with Gasteiger partial charge in [0, 0.05) is 11.8 Å². The second-order valence-corrected chi connectivity index (χ2v) is 3.82. The lowest BCUT2D eigenvalue weighted by Gasteiger charge is -2.19. The normalized spacial score (nSPS) is 28.9. The Morgan fingerprint density at radius 1 is 1.64 bits per heavy atom. The molecule has 0 radical (unpaired) electrons. The molecule has 62 valence electrons. The number of nitrogens with one attached hydrogen (secondary N) is 1. The van der Waals surface area contributed by atoms with Crippen molar-refractivity contribution in [3.8, 4) is 0 Å². The molecule has 2 rings (SSSR count). The summed E-state index contributed by atoms with van der Waals surface area (Å²) in [5.74, 6) is 0. The second-order valence-electron chi connectivity index (χ2n) is 2.61. The van der Waals surface area contributed by atoms with Gasteiger partial charge in [-0.1, -0.05) is 11.8 Å². The van der Waals surface area contributed by atoms with E-state index in [1.165, 1.54) is 17.3 Å². The van der Waals surface area contributed by atoms with Crippen molar-refractivity contribution in [2.45, 2.75) is 11.7 Å². The standard InChI is InChI=1S/C7H9NOS.ClH/c9-7-3-5-4-8-2-1-6(5)10-7;/h3,6,8H,1-2,4H2;1H.